The zero-order chi connectivity index (χ0) is 15.0. The molecule has 2 aliphatic rings. The van der Waals surface area contributed by atoms with Crippen molar-refractivity contribution in [3.63, 3.8) is 0 Å². The molecule has 2 aromatic rings. The first kappa shape index (κ1) is 13.5. The SMILES string of the molecule is O=C1CCCC2(CCN(c3cnc4ccccc4n3)CC2)N1. The summed E-state index contributed by atoms with van der Waals surface area (Å²) < 4.78 is 0. The number of anilines is 1. The van der Waals surface area contributed by atoms with Gasteiger partial charge in [-0.05, 0) is 37.8 Å². The quantitative estimate of drug-likeness (QED) is 0.877. The van der Waals surface area contributed by atoms with Gasteiger partial charge in [-0.25, -0.2) is 4.98 Å². The Morgan fingerprint density at radius 1 is 1.09 bits per heavy atom. The molecular formula is C17H20N4O. The first-order valence-electron chi connectivity index (χ1n) is 8.02. The Kier molecular flexibility index (Phi) is 3.21. The number of carbonyl (C=O) groups is 1. The molecule has 5 heteroatoms. The molecule has 0 radical (unpaired) electrons. The zero-order valence-corrected chi connectivity index (χ0v) is 12.6. The molecule has 4 rings (SSSR count). The van der Waals surface area contributed by atoms with Gasteiger partial charge in [0, 0.05) is 25.0 Å². The number of benzene rings is 1. The lowest BCUT2D eigenvalue weighted by Crippen LogP contribution is -2.57. The number of nitrogens with one attached hydrogen (secondary N) is 1. The van der Waals surface area contributed by atoms with Crippen molar-refractivity contribution in [3.05, 3.63) is 30.5 Å². The highest BCUT2D eigenvalue weighted by atomic mass is 16.1. The van der Waals surface area contributed by atoms with Crippen molar-refractivity contribution < 1.29 is 4.79 Å². The maximum absolute atomic E-state index is 11.7. The van der Waals surface area contributed by atoms with E-state index in [0.717, 1.165) is 55.6 Å². The molecule has 0 atom stereocenters. The molecule has 0 saturated carbocycles. The Hall–Kier alpha value is -2.17. The highest BCUT2D eigenvalue weighted by Gasteiger charge is 2.38. The number of hydrogen-bond donors (Lipinski definition) is 1. The van der Waals surface area contributed by atoms with Crippen LogP contribution in [-0.4, -0.2) is 34.5 Å². The van der Waals surface area contributed by atoms with E-state index in [0.29, 0.717) is 6.42 Å². The van der Waals surface area contributed by atoms with E-state index in [4.69, 9.17) is 4.98 Å². The molecule has 1 spiro atoms. The first-order valence-corrected chi connectivity index (χ1v) is 8.02. The van der Waals surface area contributed by atoms with Crippen LogP contribution in [0.25, 0.3) is 11.0 Å². The zero-order valence-electron chi connectivity index (χ0n) is 12.6. The van der Waals surface area contributed by atoms with E-state index >= 15 is 0 Å². The number of hydrogen-bond acceptors (Lipinski definition) is 4. The number of piperidine rings is 2. The standard InChI is InChI=1S/C17H20N4O/c22-16-6-3-7-17(20-16)8-10-21(11-9-17)15-12-18-13-4-1-2-5-14(13)19-15/h1-2,4-5,12H,3,6-11H2,(H,20,22). The monoisotopic (exact) mass is 296 g/mol. The van der Waals surface area contributed by atoms with Crippen LogP contribution >= 0.6 is 0 Å². The number of para-hydroxylation sites is 2. The van der Waals surface area contributed by atoms with Gasteiger partial charge in [0.05, 0.1) is 17.2 Å². The van der Waals surface area contributed by atoms with E-state index in [9.17, 15) is 4.79 Å². The summed E-state index contributed by atoms with van der Waals surface area (Å²) in [6.07, 6.45) is 6.65. The van der Waals surface area contributed by atoms with Crippen molar-refractivity contribution in [1.29, 1.82) is 0 Å². The molecule has 0 aliphatic carbocycles. The molecule has 114 valence electrons. The molecular weight excluding hydrogens is 276 g/mol. The average Bonchev–Trinajstić information content (AvgIpc) is 2.55. The Morgan fingerprint density at radius 2 is 1.86 bits per heavy atom. The molecule has 1 aromatic carbocycles. The third kappa shape index (κ3) is 2.40. The second kappa shape index (κ2) is 5.23. The fraction of sp³-hybridized carbons (Fsp3) is 0.471. The summed E-state index contributed by atoms with van der Waals surface area (Å²) in [6.45, 7) is 1.85. The lowest BCUT2D eigenvalue weighted by atomic mass is 9.80. The summed E-state index contributed by atoms with van der Waals surface area (Å²) in [7, 11) is 0. The Morgan fingerprint density at radius 3 is 2.64 bits per heavy atom. The van der Waals surface area contributed by atoms with Crippen molar-refractivity contribution >= 4 is 22.8 Å². The molecule has 1 aromatic heterocycles. The maximum Gasteiger partial charge on any atom is 0.220 e. The van der Waals surface area contributed by atoms with Crippen molar-refractivity contribution in [1.82, 2.24) is 15.3 Å². The summed E-state index contributed by atoms with van der Waals surface area (Å²) in [5.74, 6) is 1.15. The minimum atomic E-state index is 0.0239. The number of nitrogens with zero attached hydrogens (tertiary/aromatic N) is 3. The van der Waals surface area contributed by atoms with E-state index in [1.165, 1.54) is 0 Å². The number of fused-ring (bicyclic) bond motifs is 1. The van der Waals surface area contributed by atoms with Gasteiger partial charge >= 0.3 is 0 Å². The highest BCUT2D eigenvalue weighted by Crippen LogP contribution is 2.32. The fourth-order valence-electron chi connectivity index (χ4n) is 3.65. The van der Waals surface area contributed by atoms with Crippen molar-refractivity contribution in [2.45, 2.75) is 37.6 Å². The molecule has 0 unspecified atom stereocenters. The van der Waals surface area contributed by atoms with Crippen molar-refractivity contribution in [2.24, 2.45) is 0 Å². The van der Waals surface area contributed by atoms with Crippen LogP contribution in [0.5, 0.6) is 0 Å². The lowest BCUT2D eigenvalue weighted by Gasteiger charge is -2.44. The second-order valence-corrected chi connectivity index (χ2v) is 6.39. The van der Waals surface area contributed by atoms with Gasteiger partial charge in [0.1, 0.15) is 5.82 Å². The molecule has 2 fully saturated rings. The van der Waals surface area contributed by atoms with Crippen LogP contribution in [-0.2, 0) is 4.79 Å². The van der Waals surface area contributed by atoms with E-state index < -0.39 is 0 Å². The fourth-order valence-corrected chi connectivity index (χ4v) is 3.65. The Balaban J connectivity index is 1.51. The van der Waals surface area contributed by atoms with E-state index in [1.807, 2.05) is 30.5 Å². The van der Waals surface area contributed by atoms with Gasteiger partial charge in [-0.1, -0.05) is 12.1 Å². The van der Waals surface area contributed by atoms with Crippen LogP contribution in [0.3, 0.4) is 0 Å². The van der Waals surface area contributed by atoms with Crippen molar-refractivity contribution in [2.75, 3.05) is 18.0 Å². The topological polar surface area (TPSA) is 58.1 Å². The lowest BCUT2D eigenvalue weighted by molar-refractivity contribution is -0.125. The summed E-state index contributed by atoms with van der Waals surface area (Å²) in [4.78, 5) is 23.2. The largest absolute Gasteiger partial charge is 0.355 e. The third-order valence-electron chi connectivity index (χ3n) is 4.94. The number of carbonyl (C=O) groups excluding carboxylic acids is 1. The van der Waals surface area contributed by atoms with Gasteiger partial charge in [0.2, 0.25) is 5.91 Å². The normalized spacial score (nSPS) is 21.1. The van der Waals surface area contributed by atoms with E-state index in [1.54, 1.807) is 0 Å². The Bertz CT molecular complexity index is 707. The van der Waals surface area contributed by atoms with E-state index in [2.05, 4.69) is 15.2 Å². The van der Waals surface area contributed by atoms with Gasteiger partial charge in [-0.15, -0.1) is 0 Å². The van der Waals surface area contributed by atoms with Crippen LogP contribution in [0, 0.1) is 0 Å². The van der Waals surface area contributed by atoms with Crippen LogP contribution < -0.4 is 10.2 Å². The number of aromatic nitrogens is 2. The summed E-state index contributed by atoms with van der Waals surface area (Å²) in [6, 6.07) is 7.95. The van der Waals surface area contributed by atoms with Crippen LogP contribution in [0.4, 0.5) is 5.82 Å². The van der Waals surface area contributed by atoms with E-state index in [-0.39, 0.29) is 11.4 Å². The maximum atomic E-state index is 11.7. The summed E-state index contributed by atoms with van der Waals surface area (Å²) >= 11 is 0. The molecule has 2 saturated heterocycles. The predicted molar refractivity (Wildman–Crippen MR) is 85.7 cm³/mol. The smallest absolute Gasteiger partial charge is 0.220 e. The number of rotatable bonds is 1. The molecule has 1 amide bonds. The second-order valence-electron chi connectivity index (χ2n) is 6.39. The van der Waals surface area contributed by atoms with Gasteiger partial charge < -0.3 is 10.2 Å². The Labute approximate surface area is 129 Å². The number of amides is 1. The third-order valence-corrected chi connectivity index (χ3v) is 4.94. The van der Waals surface area contributed by atoms with Crippen molar-refractivity contribution in [3.8, 4) is 0 Å². The van der Waals surface area contributed by atoms with Gasteiger partial charge in [0.15, 0.2) is 0 Å². The molecule has 3 heterocycles. The molecule has 5 nitrogen and oxygen atoms in total. The van der Waals surface area contributed by atoms with Crippen LogP contribution in [0.1, 0.15) is 32.1 Å². The molecule has 1 N–H and O–H groups in total. The molecule has 2 aliphatic heterocycles. The molecule has 0 bridgehead atoms. The highest BCUT2D eigenvalue weighted by molar-refractivity contribution is 5.78. The van der Waals surface area contributed by atoms with Crippen LogP contribution in [0.15, 0.2) is 30.5 Å². The molecule has 22 heavy (non-hydrogen) atoms. The minimum absolute atomic E-state index is 0.0239. The van der Waals surface area contributed by atoms with Gasteiger partial charge in [-0.3, -0.25) is 9.78 Å². The predicted octanol–water partition coefficient (Wildman–Crippen LogP) is 2.27. The minimum Gasteiger partial charge on any atom is -0.355 e. The average molecular weight is 296 g/mol. The summed E-state index contributed by atoms with van der Waals surface area (Å²) in [5.41, 5.74) is 1.89. The van der Waals surface area contributed by atoms with Gasteiger partial charge in [-0.2, -0.15) is 0 Å². The first-order chi connectivity index (χ1) is 10.7. The summed E-state index contributed by atoms with van der Waals surface area (Å²) in [5, 5.41) is 3.23. The van der Waals surface area contributed by atoms with Gasteiger partial charge in [0.25, 0.3) is 0 Å². The van der Waals surface area contributed by atoms with Crippen LogP contribution in [0.2, 0.25) is 0 Å².